The number of halogens is 1. The smallest absolute Gasteiger partial charge is 0.0903 e. The number of carbonyl (C=O) groups is 1. The van der Waals surface area contributed by atoms with Crippen molar-refractivity contribution in [2.24, 2.45) is 0 Å². The molecule has 0 heterocycles. The molecule has 2 aromatic carbocycles. The highest BCUT2D eigenvalue weighted by molar-refractivity contribution is 5.78. The molecular formula is C14H13ClO2. The van der Waals surface area contributed by atoms with Crippen LogP contribution in [0.5, 0.6) is 0 Å². The third-order valence-corrected chi connectivity index (χ3v) is 2.50. The van der Waals surface area contributed by atoms with Crippen molar-refractivity contribution in [3.8, 4) is 0 Å². The Bertz CT molecular complexity index is 429. The number of carbonyl (C=O) groups excluding carboxylic acids is 1. The number of carboxylic acid groups (broad SMARTS) is 1. The van der Waals surface area contributed by atoms with Crippen LogP contribution in [-0.2, 0) is 4.79 Å². The fraction of sp³-hybridized carbons (Fsp3) is 0.0714. The molecule has 2 nitrogen and oxygen atoms in total. The molecule has 0 N–H and O–H groups in total. The van der Waals surface area contributed by atoms with E-state index in [-0.39, 0.29) is 12.4 Å². The highest BCUT2D eigenvalue weighted by Crippen LogP contribution is 2.23. The second-order valence-corrected chi connectivity index (χ2v) is 3.57. The fourth-order valence-electron chi connectivity index (χ4n) is 1.76. The van der Waals surface area contributed by atoms with Gasteiger partial charge in [0.1, 0.15) is 0 Å². The summed E-state index contributed by atoms with van der Waals surface area (Å²) in [6.07, 6.45) is 0. The molecule has 0 saturated heterocycles. The van der Waals surface area contributed by atoms with Gasteiger partial charge < -0.3 is 9.90 Å². The Balaban J connectivity index is 0.00000144. The molecule has 88 valence electrons. The number of hydrogen-bond acceptors (Lipinski definition) is 2. The molecule has 0 spiro atoms. The van der Waals surface area contributed by atoms with Gasteiger partial charge in [-0.05, 0) is 11.1 Å². The predicted molar refractivity (Wildman–Crippen MR) is 62.5 cm³/mol. The number of carboxylic acids is 1. The maximum Gasteiger partial charge on any atom is 0.0903 e. The fourth-order valence-corrected chi connectivity index (χ4v) is 1.76. The Morgan fingerprint density at radius 1 is 0.824 bits per heavy atom. The molecule has 0 atom stereocenters. The van der Waals surface area contributed by atoms with Gasteiger partial charge in [0.2, 0.25) is 0 Å². The summed E-state index contributed by atoms with van der Waals surface area (Å²) in [6, 6.07) is 18.2. The van der Waals surface area contributed by atoms with Gasteiger partial charge in [-0.25, -0.2) is 0 Å². The SMILES string of the molecule is O=C([O-])C(c1ccccc1)c1ccccc1.[ClH2+]. The molecule has 3 heteroatoms. The lowest BCUT2D eigenvalue weighted by molar-refractivity contribution is -0.306. The Morgan fingerprint density at radius 2 is 1.18 bits per heavy atom. The average molecular weight is 249 g/mol. The normalized spacial score (nSPS) is 9.71. The van der Waals surface area contributed by atoms with Crippen LogP contribution >= 0.6 is 0 Å². The average Bonchev–Trinajstić information content (AvgIpc) is 2.31. The van der Waals surface area contributed by atoms with Crippen molar-refractivity contribution in [1.29, 1.82) is 0 Å². The molecule has 0 unspecified atom stereocenters. The van der Waals surface area contributed by atoms with Gasteiger partial charge in [0.25, 0.3) is 0 Å². The standard InChI is InChI=1S/C14H12O2.ClH2/c15-14(16)13(11-7-3-1-4-8-11)12-9-5-2-6-10-12;/h1-10,13H,(H,15,16);1H2/q;+1/p-1. The van der Waals surface area contributed by atoms with Gasteiger partial charge in [0, 0.05) is 5.92 Å². The van der Waals surface area contributed by atoms with Crippen LogP contribution in [0, 0.1) is 12.4 Å². The summed E-state index contributed by atoms with van der Waals surface area (Å²) in [7, 11) is 0. The number of rotatable bonds is 3. The van der Waals surface area contributed by atoms with Crippen LogP contribution in [0.4, 0.5) is 0 Å². The molecule has 0 amide bonds. The second kappa shape index (κ2) is 6.06. The molecule has 0 saturated carbocycles. The van der Waals surface area contributed by atoms with Crippen molar-refractivity contribution in [2.75, 3.05) is 0 Å². The van der Waals surface area contributed by atoms with Gasteiger partial charge in [-0.3, -0.25) is 0 Å². The van der Waals surface area contributed by atoms with E-state index in [1.807, 2.05) is 36.4 Å². The summed E-state index contributed by atoms with van der Waals surface area (Å²) in [6.45, 7) is 0. The summed E-state index contributed by atoms with van der Waals surface area (Å²) < 4.78 is 0. The van der Waals surface area contributed by atoms with E-state index in [9.17, 15) is 9.90 Å². The first-order valence-corrected chi connectivity index (χ1v) is 5.10. The first-order chi connectivity index (χ1) is 7.79. The molecule has 0 bridgehead atoms. The summed E-state index contributed by atoms with van der Waals surface area (Å²) in [4.78, 5) is 11.2. The molecule has 0 aromatic heterocycles. The first kappa shape index (κ1) is 13.3. The van der Waals surface area contributed by atoms with E-state index in [0.717, 1.165) is 11.1 Å². The Labute approximate surface area is 106 Å². The highest BCUT2D eigenvalue weighted by Gasteiger charge is 2.14. The van der Waals surface area contributed by atoms with E-state index >= 15 is 0 Å². The molecule has 2 aromatic rings. The Kier molecular flexibility index (Phi) is 4.73. The Hall–Kier alpha value is -1.80. The molecule has 0 aliphatic heterocycles. The van der Waals surface area contributed by atoms with Gasteiger partial charge in [0.15, 0.2) is 0 Å². The van der Waals surface area contributed by atoms with E-state index in [4.69, 9.17) is 0 Å². The maximum atomic E-state index is 11.2. The third-order valence-electron chi connectivity index (χ3n) is 2.50. The maximum absolute atomic E-state index is 11.2. The van der Waals surface area contributed by atoms with Crippen molar-refractivity contribution in [1.82, 2.24) is 0 Å². The second-order valence-electron chi connectivity index (χ2n) is 3.57. The van der Waals surface area contributed by atoms with E-state index in [1.165, 1.54) is 0 Å². The zero-order chi connectivity index (χ0) is 11.4. The summed E-state index contributed by atoms with van der Waals surface area (Å²) >= 11 is 0. The molecular weight excluding hydrogens is 236 g/mol. The lowest BCUT2D eigenvalue weighted by Crippen LogP contribution is -2.30. The summed E-state index contributed by atoms with van der Waals surface area (Å²) in [5, 5.41) is 11.2. The molecule has 17 heavy (non-hydrogen) atoms. The van der Waals surface area contributed by atoms with Crippen LogP contribution in [0.2, 0.25) is 0 Å². The van der Waals surface area contributed by atoms with E-state index in [2.05, 4.69) is 0 Å². The van der Waals surface area contributed by atoms with Gasteiger partial charge >= 0.3 is 0 Å². The van der Waals surface area contributed by atoms with Gasteiger partial charge in [0.05, 0.1) is 18.4 Å². The molecule has 0 aliphatic rings. The largest absolute Gasteiger partial charge is 0.549 e. The molecule has 0 radical (unpaired) electrons. The summed E-state index contributed by atoms with van der Waals surface area (Å²) in [5.74, 6) is -1.76. The topological polar surface area (TPSA) is 40.1 Å². The van der Waals surface area contributed by atoms with Crippen molar-refractivity contribution in [3.63, 3.8) is 0 Å². The minimum atomic E-state index is -1.07. The van der Waals surface area contributed by atoms with Crippen LogP contribution in [0.15, 0.2) is 60.7 Å². The molecule has 2 rings (SSSR count). The predicted octanol–water partition coefficient (Wildman–Crippen LogP) is 1.03. The monoisotopic (exact) mass is 248 g/mol. The first-order valence-electron chi connectivity index (χ1n) is 5.10. The van der Waals surface area contributed by atoms with Gasteiger partial charge in [-0.1, -0.05) is 60.7 Å². The van der Waals surface area contributed by atoms with E-state index in [1.54, 1.807) is 24.3 Å². The van der Waals surface area contributed by atoms with Gasteiger partial charge in [-0.2, -0.15) is 0 Å². The Morgan fingerprint density at radius 3 is 1.47 bits per heavy atom. The van der Waals surface area contributed by atoms with E-state index < -0.39 is 11.9 Å². The van der Waals surface area contributed by atoms with Crippen LogP contribution in [0.25, 0.3) is 0 Å². The third kappa shape index (κ3) is 3.08. The summed E-state index contributed by atoms with van der Waals surface area (Å²) in [5.41, 5.74) is 1.49. The van der Waals surface area contributed by atoms with Crippen molar-refractivity contribution in [3.05, 3.63) is 71.8 Å². The van der Waals surface area contributed by atoms with Crippen LogP contribution in [0.1, 0.15) is 17.0 Å². The highest BCUT2D eigenvalue weighted by atomic mass is 35.5. The van der Waals surface area contributed by atoms with Crippen LogP contribution < -0.4 is 5.11 Å². The zero-order valence-corrected chi connectivity index (χ0v) is 10.0. The van der Waals surface area contributed by atoms with Gasteiger partial charge in [-0.15, -0.1) is 0 Å². The number of benzene rings is 2. The molecule has 0 aliphatic carbocycles. The quantitative estimate of drug-likeness (QED) is 0.814. The minimum absolute atomic E-state index is 0. The molecule has 0 fully saturated rings. The van der Waals surface area contributed by atoms with Crippen molar-refractivity contribution >= 4 is 5.97 Å². The number of aliphatic carboxylic acids is 1. The lowest BCUT2D eigenvalue weighted by atomic mass is 9.92. The van der Waals surface area contributed by atoms with E-state index in [0.29, 0.717) is 0 Å². The minimum Gasteiger partial charge on any atom is -0.549 e. The van der Waals surface area contributed by atoms with Crippen molar-refractivity contribution < 1.29 is 22.3 Å². The van der Waals surface area contributed by atoms with Crippen molar-refractivity contribution in [2.45, 2.75) is 5.92 Å². The zero-order valence-electron chi connectivity index (χ0n) is 9.11. The van der Waals surface area contributed by atoms with Crippen LogP contribution in [-0.4, -0.2) is 5.97 Å². The number of hydrogen-bond donors (Lipinski definition) is 0. The van der Waals surface area contributed by atoms with Crippen LogP contribution in [0.3, 0.4) is 0 Å². The lowest BCUT2D eigenvalue weighted by Gasteiger charge is -2.18.